The molecule has 0 fully saturated rings. The van der Waals surface area contributed by atoms with Crippen molar-refractivity contribution >= 4 is 41.3 Å². The van der Waals surface area contributed by atoms with E-state index in [9.17, 15) is 13.6 Å². The van der Waals surface area contributed by atoms with E-state index >= 15 is 0 Å². The van der Waals surface area contributed by atoms with E-state index in [2.05, 4.69) is 9.71 Å². The summed E-state index contributed by atoms with van der Waals surface area (Å²) in [5, 5.41) is 0. The van der Waals surface area contributed by atoms with E-state index in [1.165, 1.54) is 24.2 Å². The molecule has 0 bridgehead atoms. The van der Waals surface area contributed by atoms with E-state index in [1.54, 1.807) is 62.9 Å². The minimum Gasteiger partial charge on any atom is -0.404 e. The molecule has 8 heteroatoms. The molecule has 0 spiro atoms. The number of anilines is 1. The molecule has 3 N–H and O–H groups in total. The number of halogens is 2. The van der Waals surface area contributed by atoms with Gasteiger partial charge in [0.2, 0.25) is 0 Å². The third-order valence-electron chi connectivity index (χ3n) is 4.20. The van der Waals surface area contributed by atoms with Crippen LogP contribution in [-0.4, -0.2) is 44.8 Å². The maximum atomic E-state index is 14.9. The summed E-state index contributed by atoms with van der Waals surface area (Å²) in [5.41, 5.74) is 8.64. The number of rotatable bonds is 8. The maximum absolute atomic E-state index is 14.9. The molecule has 2 aromatic carbocycles. The first-order valence-corrected chi connectivity index (χ1v) is 10.2. The fourth-order valence-electron chi connectivity index (χ4n) is 2.91. The van der Waals surface area contributed by atoms with Gasteiger partial charge in [0, 0.05) is 74.4 Å². The summed E-state index contributed by atoms with van der Waals surface area (Å²) >= 11 is 1.19. The Morgan fingerprint density at radius 2 is 1.90 bits per heavy atom. The van der Waals surface area contributed by atoms with Gasteiger partial charge in [0.15, 0.2) is 6.29 Å². The molecule has 5 nitrogen and oxygen atoms in total. The zero-order valence-electron chi connectivity index (χ0n) is 17.2. The first-order valence-electron chi connectivity index (χ1n) is 8.96. The Balaban J connectivity index is 2.81. The van der Waals surface area contributed by atoms with Gasteiger partial charge in [-0.2, -0.15) is 0 Å². The summed E-state index contributed by atoms with van der Waals surface area (Å²) in [6.45, 7) is 0. The highest BCUT2D eigenvalue weighted by molar-refractivity contribution is 7.99. The number of hydrogen-bond acceptors (Lipinski definition) is 6. The van der Waals surface area contributed by atoms with Gasteiger partial charge in [0.05, 0.1) is 5.69 Å². The number of aldehydes is 1. The highest BCUT2D eigenvalue weighted by atomic mass is 32.2. The lowest BCUT2D eigenvalue weighted by Crippen LogP contribution is -2.07. The summed E-state index contributed by atoms with van der Waals surface area (Å²) in [6.07, 6.45) is 7.12. The van der Waals surface area contributed by atoms with Crippen LogP contribution in [0.1, 0.15) is 27.0 Å². The van der Waals surface area contributed by atoms with E-state index in [4.69, 9.17) is 5.73 Å². The smallest absolute Gasteiger partial charge is 0.150 e. The molecular weight excluding hydrogens is 406 g/mol. The Labute approximate surface area is 179 Å². The second kappa shape index (κ2) is 10.6. The molecule has 0 heterocycles. The van der Waals surface area contributed by atoms with Crippen LogP contribution in [0.15, 0.2) is 47.7 Å². The van der Waals surface area contributed by atoms with Crippen molar-refractivity contribution in [1.29, 1.82) is 0 Å². The summed E-state index contributed by atoms with van der Waals surface area (Å²) in [5.74, 6) is -1.44. The topological polar surface area (TPSA) is 70.7 Å². The maximum Gasteiger partial charge on any atom is 0.150 e. The van der Waals surface area contributed by atoms with Crippen molar-refractivity contribution in [3.05, 3.63) is 76.6 Å². The van der Waals surface area contributed by atoms with Gasteiger partial charge in [-0.3, -0.25) is 9.79 Å². The van der Waals surface area contributed by atoms with Gasteiger partial charge < -0.3 is 15.4 Å². The Morgan fingerprint density at radius 3 is 2.47 bits per heavy atom. The van der Waals surface area contributed by atoms with Crippen LogP contribution in [0.3, 0.4) is 0 Å². The van der Waals surface area contributed by atoms with Crippen LogP contribution in [0.5, 0.6) is 0 Å². The average Bonchev–Trinajstić information content (AvgIpc) is 2.72. The van der Waals surface area contributed by atoms with Crippen molar-refractivity contribution in [3.63, 3.8) is 0 Å². The van der Waals surface area contributed by atoms with Crippen molar-refractivity contribution in [2.45, 2.75) is 0 Å². The Hall–Kier alpha value is -3.13. The minimum absolute atomic E-state index is 0.146. The van der Waals surface area contributed by atoms with Crippen LogP contribution >= 0.6 is 11.9 Å². The van der Waals surface area contributed by atoms with E-state index in [0.717, 1.165) is 6.07 Å². The zero-order chi connectivity index (χ0) is 22.3. The molecule has 0 unspecified atom stereocenters. The lowest BCUT2D eigenvalue weighted by atomic mass is 9.91. The highest BCUT2D eigenvalue weighted by Gasteiger charge is 2.18. The van der Waals surface area contributed by atoms with Gasteiger partial charge >= 0.3 is 0 Å². The van der Waals surface area contributed by atoms with Crippen molar-refractivity contribution in [2.24, 2.45) is 10.7 Å². The molecule has 0 radical (unpaired) electrons. The number of nitrogens with zero attached hydrogens (tertiary/aromatic N) is 2. The van der Waals surface area contributed by atoms with E-state index in [1.807, 2.05) is 0 Å². The van der Waals surface area contributed by atoms with E-state index < -0.39 is 11.6 Å². The Morgan fingerprint density at radius 1 is 1.17 bits per heavy atom. The number of nitrogens with two attached hydrogens (primary N) is 1. The summed E-state index contributed by atoms with van der Waals surface area (Å²) in [6, 6.07) is 7.34. The number of hydrogen-bond donors (Lipinski definition) is 2. The fourth-order valence-corrected chi connectivity index (χ4v) is 3.29. The van der Waals surface area contributed by atoms with E-state index in [-0.39, 0.29) is 11.3 Å². The van der Waals surface area contributed by atoms with Crippen molar-refractivity contribution < 1.29 is 13.6 Å². The van der Waals surface area contributed by atoms with Gasteiger partial charge in [-0.05, 0) is 23.3 Å². The van der Waals surface area contributed by atoms with Crippen LogP contribution in [0.2, 0.25) is 0 Å². The molecule has 2 rings (SSSR count). The monoisotopic (exact) mass is 430 g/mol. The quantitative estimate of drug-likeness (QED) is 0.369. The van der Waals surface area contributed by atoms with E-state index in [0.29, 0.717) is 34.1 Å². The van der Waals surface area contributed by atoms with Crippen molar-refractivity contribution in [3.8, 4) is 0 Å². The van der Waals surface area contributed by atoms with Gasteiger partial charge in [-0.1, -0.05) is 24.1 Å². The first kappa shape index (κ1) is 23.2. The normalized spacial score (nSPS) is 12.3. The van der Waals surface area contributed by atoms with Gasteiger partial charge in [0.25, 0.3) is 0 Å². The zero-order valence-corrected chi connectivity index (χ0v) is 18.1. The molecule has 2 aromatic rings. The molecule has 0 aliphatic heterocycles. The number of benzene rings is 2. The predicted octanol–water partition coefficient (Wildman–Crippen LogP) is 4.42. The molecule has 158 valence electrons. The SMILES string of the molecule is CN=CC(=CN)c1ccc(C=O)c(/C(=C\N(C)C)c2cc(NSC)c(F)cc2F)c1. The number of carbonyl (C=O) groups excluding carboxylic acids is 1. The van der Waals surface area contributed by atoms with Gasteiger partial charge in [-0.25, -0.2) is 8.78 Å². The summed E-state index contributed by atoms with van der Waals surface area (Å²) in [7, 11) is 5.18. The lowest BCUT2D eigenvalue weighted by molar-refractivity contribution is 0.112. The van der Waals surface area contributed by atoms with Crippen molar-refractivity contribution in [1.82, 2.24) is 4.90 Å². The molecule has 0 saturated heterocycles. The number of allylic oxidation sites excluding steroid dienone is 1. The Bertz CT molecular complexity index is 1020. The number of carbonyl (C=O) groups is 1. The second-order valence-electron chi connectivity index (χ2n) is 6.55. The van der Waals surface area contributed by atoms with Gasteiger partial charge in [0.1, 0.15) is 11.6 Å². The molecule has 0 aromatic heterocycles. The van der Waals surface area contributed by atoms with Crippen LogP contribution in [-0.2, 0) is 0 Å². The van der Waals surface area contributed by atoms with Crippen LogP contribution in [0.25, 0.3) is 11.1 Å². The molecule has 30 heavy (non-hydrogen) atoms. The predicted molar refractivity (Wildman–Crippen MR) is 123 cm³/mol. The fraction of sp³-hybridized carbons (Fsp3) is 0.182. The van der Waals surface area contributed by atoms with Gasteiger partial charge in [-0.15, -0.1) is 0 Å². The molecule has 0 atom stereocenters. The lowest BCUT2D eigenvalue weighted by Gasteiger charge is -2.18. The molecular formula is C22H24F2N4OS. The second-order valence-corrected chi connectivity index (χ2v) is 7.17. The minimum atomic E-state index is -0.737. The Kier molecular flexibility index (Phi) is 8.17. The average molecular weight is 431 g/mol. The highest BCUT2D eigenvalue weighted by Crippen LogP contribution is 2.33. The third kappa shape index (κ3) is 5.27. The molecule has 0 aliphatic rings. The van der Waals surface area contributed by atoms with Crippen molar-refractivity contribution in [2.75, 3.05) is 32.1 Å². The van der Waals surface area contributed by atoms with Crippen LogP contribution in [0.4, 0.5) is 14.5 Å². The molecule has 0 saturated carbocycles. The van der Waals surface area contributed by atoms with Crippen LogP contribution in [0, 0.1) is 11.6 Å². The number of aliphatic imine (C=N–C) groups is 1. The summed E-state index contributed by atoms with van der Waals surface area (Å²) < 4.78 is 31.8. The standard InChI is InChI=1S/C22H24F2N4OS/c1-26-11-16(10-25)14-5-6-15(13-29)17(7-14)19(12-28(2)3)18-8-22(27-30-4)21(24)9-20(18)23/h5-13,27H,25H2,1-4H3/b16-10?,19-12+,26-11?. The first-order chi connectivity index (χ1) is 14.4. The largest absolute Gasteiger partial charge is 0.404 e. The number of nitrogens with one attached hydrogen (secondary N) is 1. The molecule has 0 amide bonds. The van der Waals surface area contributed by atoms with Crippen LogP contribution < -0.4 is 10.5 Å². The summed E-state index contributed by atoms with van der Waals surface area (Å²) in [4.78, 5) is 17.5. The molecule has 0 aliphatic carbocycles. The third-order valence-corrected chi connectivity index (χ3v) is 4.62.